The predicted molar refractivity (Wildman–Crippen MR) is 69.5 cm³/mol. The van der Waals surface area contributed by atoms with Crippen molar-refractivity contribution in [3.8, 4) is 11.6 Å². The van der Waals surface area contributed by atoms with Gasteiger partial charge in [0.1, 0.15) is 0 Å². The second kappa shape index (κ2) is 5.31. The monoisotopic (exact) mass is 276 g/mol. The third-order valence-electron chi connectivity index (χ3n) is 2.55. The molecule has 0 aromatic carbocycles. The molecule has 0 saturated carbocycles. The summed E-state index contributed by atoms with van der Waals surface area (Å²) in [5.41, 5.74) is 0. The Balaban J connectivity index is 1.68. The quantitative estimate of drug-likeness (QED) is 0.667. The van der Waals surface area contributed by atoms with Crippen molar-refractivity contribution in [1.82, 2.24) is 19.7 Å². The Kier molecular flexibility index (Phi) is 3.37. The topological polar surface area (TPSA) is 69.9 Å². The highest BCUT2D eigenvalue weighted by atomic mass is 32.2. The highest BCUT2D eigenvalue weighted by Crippen LogP contribution is 2.22. The molecule has 6 nitrogen and oxygen atoms in total. The lowest BCUT2D eigenvalue weighted by molar-refractivity contribution is 0.390. The van der Waals surface area contributed by atoms with Crippen LogP contribution in [0.5, 0.6) is 0 Å². The Hall–Kier alpha value is -2.02. The van der Waals surface area contributed by atoms with Gasteiger partial charge in [-0.3, -0.25) is 0 Å². The number of thioether (sulfide) groups is 1. The number of aryl methyl sites for hydroxylation is 1. The molecule has 0 atom stereocenters. The van der Waals surface area contributed by atoms with Gasteiger partial charge in [0.15, 0.2) is 10.9 Å². The van der Waals surface area contributed by atoms with E-state index in [0.29, 0.717) is 23.2 Å². The molecule has 0 bridgehead atoms. The third-order valence-corrected chi connectivity index (χ3v) is 3.54. The van der Waals surface area contributed by atoms with E-state index in [1.54, 1.807) is 36.4 Å². The highest BCUT2D eigenvalue weighted by Gasteiger charge is 2.12. The van der Waals surface area contributed by atoms with Gasteiger partial charge >= 0.3 is 0 Å². The van der Waals surface area contributed by atoms with Crippen LogP contribution in [0.1, 0.15) is 12.8 Å². The summed E-state index contributed by atoms with van der Waals surface area (Å²) in [6.45, 7) is 2.97. The molecule has 7 heteroatoms. The second-order valence-corrected chi connectivity index (χ2v) is 4.72. The molecule has 98 valence electrons. The zero-order chi connectivity index (χ0) is 13.1. The van der Waals surface area contributed by atoms with Crippen LogP contribution in [0.25, 0.3) is 11.6 Å². The van der Waals surface area contributed by atoms with Crippen LogP contribution >= 0.6 is 11.8 Å². The molecule has 0 radical (unpaired) electrons. The van der Waals surface area contributed by atoms with Gasteiger partial charge in [-0.05, 0) is 19.1 Å². The van der Waals surface area contributed by atoms with Crippen LogP contribution in [0.4, 0.5) is 0 Å². The van der Waals surface area contributed by atoms with Gasteiger partial charge in [0, 0.05) is 18.9 Å². The number of nitrogens with zero attached hydrogens (tertiary/aromatic N) is 4. The average molecular weight is 276 g/mol. The molecule has 0 unspecified atom stereocenters. The number of rotatable bonds is 5. The van der Waals surface area contributed by atoms with Crippen molar-refractivity contribution < 1.29 is 8.94 Å². The maximum absolute atomic E-state index is 5.21. The Labute approximate surface area is 113 Å². The molecule has 0 aliphatic carbocycles. The Bertz CT molecular complexity index is 644. The SMILES string of the molecule is CCn1ccnc1SCc1nc(-c2ccco2)no1. The first kappa shape index (κ1) is 12.0. The predicted octanol–water partition coefficient (Wildman–Crippen LogP) is 2.84. The molecule has 3 aromatic rings. The zero-order valence-electron chi connectivity index (χ0n) is 10.3. The van der Waals surface area contributed by atoms with Gasteiger partial charge in [0.05, 0.1) is 12.0 Å². The van der Waals surface area contributed by atoms with Gasteiger partial charge in [-0.25, -0.2) is 4.98 Å². The van der Waals surface area contributed by atoms with Crippen molar-refractivity contribution >= 4 is 11.8 Å². The molecule has 0 aliphatic rings. The first-order valence-corrected chi connectivity index (χ1v) is 6.85. The number of imidazole rings is 1. The van der Waals surface area contributed by atoms with E-state index in [4.69, 9.17) is 8.94 Å². The fraction of sp³-hybridized carbons (Fsp3) is 0.250. The van der Waals surface area contributed by atoms with Crippen molar-refractivity contribution in [2.45, 2.75) is 24.4 Å². The minimum atomic E-state index is 0.472. The molecule has 0 saturated heterocycles. The van der Waals surface area contributed by atoms with Crippen LogP contribution in [0, 0.1) is 0 Å². The number of hydrogen-bond acceptors (Lipinski definition) is 6. The first-order valence-electron chi connectivity index (χ1n) is 5.87. The van der Waals surface area contributed by atoms with E-state index < -0.39 is 0 Å². The van der Waals surface area contributed by atoms with Crippen LogP contribution in [-0.4, -0.2) is 19.7 Å². The fourth-order valence-corrected chi connectivity index (χ4v) is 2.48. The van der Waals surface area contributed by atoms with Gasteiger partial charge in [-0.2, -0.15) is 4.98 Å². The van der Waals surface area contributed by atoms with Crippen molar-refractivity contribution in [3.63, 3.8) is 0 Å². The maximum atomic E-state index is 5.21. The summed E-state index contributed by atoms with van der Waals surface area (Å²) in [5, 5.41) is 4.83. The van der Waals surface area contributed by atoms with Crippen LogP contribution in [0.15, 0.2) is 44.9 Å². The van der Waals surface area contributed by atoms with Crippen LogP contribution in [0.2, 0.25) is 0 Å². The highest BCUT2D eigenvalue weighted by molar-refractivity contribution is 7.98. The summed E-state index contributed by atoms with van der Waals surface area (Å²) in [7, 11) is 0. The lowest BCUT2D eigenvalue weighted by atomic mass is 10.4. The van der Waals surface area contributed by atoms with Crippen molar-refractivity contribution in [1.29, 1.82) is 0 Å². The van der Waals surface area contributed by atoms with Crippen LogP contribution < -0.4 is 0 Å². The van der Waals surface area contributed by atoms with Crippen molar-refractivity contribution in [3.05, 3.63) is 36.7 Å². The Morgan fingerprint density at radius 3 is 3.16 bits per heavy atom. The van der Waals surface area contributed by atoms with Gasteiger partial charge < -0.3 is 13.5 Å². The molecular weight excluding hydrogens is 264 g/mol. The van der Waals surface area contributed by atoms with Crippen molar-refractivity contribution in [2.24, 2.45) is 0 Å². The lowest BCUT2D eigenvalue weighted by Gasteiger charge is -2.01. The molecule has 3 aromatic heterocycles. The van der Waals surface area contributed by atoms with Gasteiger partial charge in [0.2, 0.25) is 11.7 Å². The lowest BCUT2D eigenvalue weighted by Crippen LogP contribution is -1.94. The van der Waals surface area contributed by atoms with E-state index in [0.717, 1.165) is 11.7 Å². The minimum absolute atomic E-state index is 0.472. The summed E-state index contributed by atoms with van der Waals surface area (Å²) < 4.78 is 12.5. The summed E-state index contributed by atoms with van der Waals surface area (Å²) in [5.74, 6) is 2.22. The van der Waals surface area contributed by atoms with Gasteiger partial charge in [-0.1, -0.05) is 16.9 Å². The van der Waals surface area contributed by atoms with Crippen LogP contribution in [0.3, 0.4) is 0 Å². The molecule has 3 rings (SSSR count). The number of aromatic nitrogens is 4. The van der Waals surface area contributed by atoms with E-state index >= 15 is 0 Å². The zero-order valence-corrected chi connectivity index (χ0v) is 11.1. The minimum Gasteiger partial charge on any atom is -0.461 e. The number of hydrogen-bond donors (Lipinski definition) is 0. The molecule has 0 aliphatic heterocycles. The molecule has 0 spiro atoms. The summed E-state index contributed by atoms with van der Waals surface area (Å²) in [6.07, 6.45) is 5.32. The normalized spacial score (nSPS) is 11.0. The Morgan fingerprint density at radius 2 is 2.37 bits per heavy atom. The number of furan rings is 1. The van der Waals surface area contributed by atoms with E-state index in [9.17, 15) is 0 Å². The first-order chi connectivity index (χ1) is 9.36. The van der Waals surface area contributed by atoms with Crippen molar-refractivity contribution in [2.75, 3.05) is 0 Å². The molecule has 0 fully saturated rings. The molecule has 0 amide bonds. The average Bonchev–Trinajstić information content (AvgIpc) is 3.16. The maximum Gasteiger partial charge on any atom is 0.238 e. The van der Waals surface area contributed by atoms with E-state index in [2.05, 4.69) is 26.6 Å². The second-order valence-electron chi connectivity index (χ2n) is 3.77. The summed E-state index contributed by atoms with van der Waals surface area (Å²) in [4.78, 5) is 8.55. The molecule has 3 heterocycles. The van der Waals surface area contributed by atoms with Gasteiger partial charge in [0.25, 0.3) is 0 Å². The third kappa shape index (κ3) is 2.55. The van der Waals surface area contributed by atoms with Gasteiger partial charge in [-0.15, -0.1) is 0 Å². The smallest absolute Gasteiger partial charge is 0.238 e. The molecular formula is C12H12N4O2S. The van der Waals surface area contributed by atoms with E-state index in [1.165, 1.54) is 0 Å². The van der Waals surface area contributed by atoms with Crippen LogP contribution in [-0.2, 0) is 12.3 Å². The molecule has 19 heavy (non-hydrogen) atoms. The molecule has 0 N–H and O–H groups in total. The Morgan fingerprint density at radius 1 is 1.42 bits per heavy atom. The van der Waals surface area contributed by atoms with E-state index in [1.807, 2.05) is 6.20 Å². The summed E-state index contributed by atoms with van der Waals surface area (Å²) in [6, 6.07) is 3.59. The van der Waals surface area contributed by atoms with E-state index in [-0.39, 0.29) is 0 Å². The fourth-order valence-electron chi connectivity index (χ4n) is 1.62. The standard InChI is InChI=1S/C12H12N4O2S/c1-2-16-6-5-13-12(16)19-8-10-14-11(15-18-10)9-4-3-7-17-9/h3-7H,2,8H2,1H3. The largest absolute Gasteiger partial charge is 0.461 e. The summed E-state index contributed by atoms with van der Waals surface area (Å²) >= 11 is 1.57.